The van der Waals surface area contributed by atoms with Crippen LogP contribution in [-0.2, 0) is 16.1 Å². The minimum Gasteiger partial charge on any atom is -0.494 e. The van der Waals surface area contributed by atoms with E-state index in [1.165, 1.54) is 0 Å². The first-order valence-corrected chi connectivity index (χ1v) is 9.93. The second-order valence-electron chi connectivity index (χ2n) is 6.46. The van der Waals surface area contributed by atoms with Gasteiger partial charge in [0, 0.05) is 22.6 Å². The van der Waals surface area contributed by atoms with Crippen molar-refractivity contribution < 1.29 is 23.5 Å². The normalized spacial score (nSPS) is 10.6. The lowest BCUT2D eigenvalue weighted by Crippen LogP contribution is -2.08. The molecular formula is C22H21ClN2O5. The second kappa shape index (κ2) is 10.5. The quantitative estimate of drug-likeness (QED) is 0.335. The summed E-state index contributed by atoms with van der Waals surface area (Å²) in [4.78, 5) is 24.2. The Kier molecular flexibility index (Phi) is 7.57. The molecule has 30 heavy (non-hydrogen) atoms. The topological polar surface area (TPSA) is 91.5 Å². The Hall–Kier alpha value is -3.19. The van der Waals surface area contributed by atoms with Gasteiger partial charge in [0.25, 0.3) is 5.89 Å². The number of carbonyl (C=O) groups excluding carboxylic acids is 2. The van der Waals surface area contributed by atoms with Crippen LogP contribution in [0.2, 0.25) is 5.02 Å². The number of ether oxygens (including phenoxy) is 2. The zero-order chi connectivity index (χ0) is 21.3. The molecule has 0 atom stereocenters. The Bertz CT molecular complexity index is 984. The third-order valence-electron chi connectivity index (χ3n) is 4.12. The van der Waals surface area contributed by atoms with E-state index in [1.54, 1.807) is 48.5 Å². The maximum absolute atomic E-state index is 12.2. The predicted molar refractivity (Wildman–Crippen MR) is 110 cm³/mol. The number of Topliss-reactive ketones (excluding diaryl/α,β-unsaturated/α-hetero) is 1. The Morgan fingerprint density at radius 2 is 1.73 bits per heavy atom. The first kappa shape index (κ1) is 21.5. The zero-order valence-corrected chi connectivity index (χ0v) is 17.2. The van der Waals surface area contributed by atoms with Gasteiger partial charge in [-0.05, 0) is 55.0 Å². The molecule has 2 aromatic carbocycles. The van der Waals surface area contributed by atoms with Gasteiger partial charge < -0.3 is 13.9 Å². The molecule has 3 aromatic rings. The number of aromatic nitrogens is 2. The average Bonchev–Trinajstić information content (AvgIpc) is 3.24. The summed E-state index contributed by atoms with van der Waals surface area (Å²) in [7, 11) is 0. The highest BCUT2D eigenvalue weighted by atomic mass is 35.5. The van der Waals surface area contributed by atoms with Crippen LogP contribution >= 0.6 is 11.6 Å². The summed E-state index contributed by atoms with van der Waals surface area (Å²) < 4.78 is 16.1. The number of esters is 1. The summed E-state index contributed by atoms with van der Waals surface area (Å²) in [5, 5.41) is 8.37. The molecule has 0 aliphatic rings. The minimum absolute atomic E-state index is 0.0366. The van der Waals surface area contributed by atoms with Gasteiger partial charge in [0.1, 0.15) is 5.75 Å². The number of nitrogens with zero attached hydrogens (tertiary/aromatic N) is 2. The van der Waals surface area contributed by atoms with Crippen LogP contribution in [0.25, 0.3) is 11.5 Å². The molecule has 0 amide bonds. The van der Waals surface area contributed by atoms with Gasteiger partial charge in [0.05, 0.1) is 13.0 Å². The molecule has 7 nitrogen and oxygen atoms in total. The van der Waals surface area contributed by atoms with Crippen molar-refractivity contribution in [2.75, 3.05) is 6.61 Å². The molecular weight excluding hydrogens is 408 g/mol. The fourth-order valence-corrected chi connectivity index (χ4v) is 2.68. The molecule has 0 saturated heterocycles. The first-order chi connectivity index (χ1) is 14.5. The van der Waals surface area contributed by atoms with Crippen LogP contribution in [0.3, 0.4) is 0 Å². The highest BCUT2D eigenvalue weighted by molar-refractivity contribution is 6.30. The maximum Gasteiger partial charge on any atom is 0.306 e. The van der Waals surface area contributed by atoms with Crippen molar-refractivity contribution >= 4 is 23.4 Å². The van der Waals surface area contributed by atoms with E-state index < -0.39 is 5.97 Å². The molecule has 0 fully saturated rings. The predicted octanol–water partition coefficient (Wildman–Crippen LogP) is 4.89. The summed E-state index contributed by atoms with van der Waals surface area (Å²) in [6, 6.07) is 13.8. The largest absolute Gasteiger partial charge is 0.494 e. The van der Waals surface area contributed by atoms with Gasteiger partial charge in [-0.15, -0.1) is 10.2 Å². The first-order valence-electron chi connectivity index (χ1n) is 9.55. The van der Waals surface area contributed by atoms with Crippen molar-refractivity contribution in [1.82, 2.24) is 10.2 Å². The van der Waals surface area contributed by atoms with Crippen LogP contribution < -0.4 is 4.74 Å². The van der Waals surface area contributed by atoms with Gasteiger partial charge in [-0.25, -0.2) is 0 Å². The number of halogens is 1. The van der Waals surface area contributed by atoms with Crippen LogP contribution in [0, 0.1) is 0 Å². The number of hydrogen-bond donors (Lipinski definition) is 0. The van der Waals surface area contributed by atoms with Gasteiger partial charge in [0.2, 0.25) is 5.89 Å². The fourth-order valence-electron chi connectivity index (χ4n) is 2.55. The van der Waals surface area contributed by atoms with E-state index in [0.29, 0.717) is 34.4 Å². The van der Waals surface area contributed by atoms with Crippen molar-refractivity contribution in [3.8, 4) is 17.2 Å². The smallest absolute Gasteiger partial charge is 0.306 e. The number of ketones is 1. The monoisotopic (exact) mass is 428 g/mol. The third kappa shape index (κ3) is 6.15. The molecule has 156 valence electrons. The summed E-state index contributed by atoms with van der Waals surface area (Å²) in [6.45, 7) is 2.49. The summed E-state index contributed by atoms with van der Waals surface area (Å²) >= 11 is 5.85. The van der Waals surface area contributed by atoms with Crippen molar-refractivity contribution in [3.05, 3.63) is 65.0 Å². The van der Waals surface area contributed by atoms with Crippen LogP contribution in [0.1, 0.15) is 42.4 Å². The molecule has 0 unspecified atom stereocenters. The molecule has 0 aliphatic heterocycles. The van der Waals surface area contributed by atoms with E-state index in [1.807, 2.05) is 6.92 Å². The van der Waals surface area contributed by atoms with Crippen molar-refractivity contribution in [1.29, 1.82) is 0 Å². The molecule has 3 rings (SSSR count). The third-order valence-corrected chi connectivity index (χ3v) is 4.37. The van der Waals surface area contributed by atoms with Crippen molar-refractivity contribution in [2.45, 2.75) is 32.8 Å². The van der Waals surface area contributed by atoms with E-state index in [-0.39, 0.29) is 31.1 Å². The summed E-state index contributed by atoms with van der Waals surface area (Å²) in [5.41, 5.74) is 1.23. The Labute approximate surface area is 179 Å². The molecule has 0 N–H and O–H groups in total. The molecule has 8 heteroatoms. The van der Waals surface area contributed by atoms with Gasteiger partial charge in [-0.1, -0.05) is 18.5 Å². The Morgan fingerprint density at radius 1 is 1.00 bits per heavy atom. The lowest BCUT2D eigenvalue weighted by molar-refractivity contribution is -0.145. The van der Waals surface area contributed by atoms with E-state index >= 15 is 0 Å². The highest BCUT2D eigenvalue weighted by Gasteiger charge is 2.13. The standard InChI is InChI=1S/C22H21ClN2O5/c1-2-13-28-18-9-5-15(6-10-18)19(26)11-12-21(27)29-14-20-24-25-22(30-20)16-3-7-17(23)8-4-16/h3-10H,2,11-14H2,1H3. The summed E-state index contributed by atoms with van der Waals surface area (Å²) in [6.07, 6.45) is 0.924. The highest BCUT2D eigenvalue weighted by Crippen LogP contribution is 2.20. The lowest BCUT2D eigenvalue weighted by Gasteiger charge is -2.06. The van der Waals surface area contributed by atoms with E-state index in [2.05, 4.69) is 10.2 Å². The number of benzene rings is 2. The lowest BCUT2D eigenvalue weighted by atomic mass is 10.1. The van der Waals surface area contributed by atoms with Gasteiger partial charge in [-0.3, -0.25) is 9.59 Å². The molecule has 0 radical (unpaired) electrons. The average molecular weight is 429 g/mol. The second-order valence-corrected chi connectivity index (χ2v) is 6.90. The van der Waals surface area contributed by atoms with E-state index in [0.717, 1.165) is 6.42 Å². The van der Waals surface area contributed by atoms with Gasteiger partial charge in [-0.2, -0.15) is 0 Å². The summed E-state index contributed by atoms with van der Waals surface area (Å²) in [5.74, 6) is 0.529. The zero-order valence-electron chi connectivity index (χ0n) is 16.5. The van der Waals surface area contributed by atoms with Gasteiger partial charge in [0.15, 0.2) is 12.4 Å². The Balaban J connectivity index is 1.43. The molecule has 1 heterocycles. The van der Waals surface area contributed by atoms with Crippen molar-refractivity contribution in [3.63, 3.8) is 0 Å². The van der Waals surface area contributed by atoms with Crippen LogP contribution in [0.15, 0.2) is 52.9 Å². The number of hydrogen-bond acceptors (Lipinski definition) is 7. The molecule has 0 spiro atoms. The number of carbonyl (C=O) groups is 2. The van der Waals surface area contributed by atoms with E-state index in [4.69, 9.17) is 25.5 Å². The SMILES string of the molecule is CCCOc1ccc(C(=O)CCC(=O)OCc2nnc(-c3ccc(Cl)cc3)o2)cc1. The molecule has 0 aliphatic carbocycles. The minimum atomic E-state index is -0.516. The van der Waals surface area contributed by atoms with Crippen LogP contribution in [0.4, 0.5) is 0 Å². The molecule has 1 aromatic heterocycles. The molecule has 0 saturated carbocycles. The van der Waals surface area contributed by atoms with Gasteiger partial charge >= 0.3 is 5.97 Å². The Morgan fingerprint density at radius 3 is 2.43 bits per heavy atom. The number of rotatable bonds is 10. The van der Waals surface area contributed by atoms with Crippen molar-refractivity contribution in [2.24, 2.45) is 0 Å². The maximum atomic E-state index is 12.2. The van der Waals surface area contributed by atoms with Crippen LogP contribution in [0.5, 0.6) is 5.75 Å². The van der Waals surface area contributed by atoms with E-state index in [9.17, 15) is 9.59 Å². The fraction of sp³-hybridized carbons (Fsp3) is 0.273. The van der Waals surface area contributed by atoms with Crippen LogP contribution in [-0.4, -0.2) is 28.6 Å². The molecule has 0 bridgehead atoms.